The molecule has 18 heavy (non-hydrogen) atoms. The Morgan fingerprint density at radius 2 is 2.33 bits per heavy atom. The van der Waals surface area contributed by atoms with Gasteiger partial charge in [0.1, 0.15) is 0 Å². The van der Waals surface area contributed by atoms with Crippen molar-refractivity contribution in [2.24, 2.45) is 0 Å². The Hall–Kier alpha value is -2.02. The number of hydrogen-bond donors (Lipinski definition) is 1. The number of anilines is 1. The highest BCUT2D eigenvalue weighted by atomic mass is 32.1. The summed E-state index contributed by atoms with van der Waals surface area (Å²) in [6.45, 7) is 2.41. The van der Waals surface area contributed by atoms with Crippen LogP contribution in [0.5, 0.6) is 0 Å². The van der Waals surface area contributed by atoms with E-state index in [1.54, 1.807) is 5.51 Å². The van der Waals surface area contributed by atoms with E-state index < -0.39 is 16.4 Å². The summed E-state index contributed by atoms with van der Waals surface area (Å²) in [4.78, 5) is 14.9. The summed E-state index contributed by atoms with van der Waals surface area (Å²) in [6, 6.07) is 3.75. The highest BCUT2D eigenvalue weighted by molar-refractivity contribution is 7.09. The fraction of sp³-hybridized carbons (Fsp3) is 0.182. The molecular weight excluding hydrogens is 257 g/mol. The molecular formula is C11H10FN3O2S. The topological polar surface area (TPSA) is 68.1 Å². The number of thiazole rings is 1. The van der Waals surface area contributed by atoms with E-state index in [4.69, 9.17) is 0 Å². The van der Waals surface area contributed by atoms with Crippen LogP contribution in [0.25, 0.3) is 0 Å². The largest absolute Gasteiger partial charge is 0.380 e. The van der Waals surface area contributed by atoms with Crippen LogP contribution in [0.1, 0.15) is 10.6 Å². The maximum absolute atomic E-state index is 13.4. The minimum Gasteiger partial charge on any atom is -0.380 e. The van der Waals surface area contributed by atoms with Crippen molar-refractivity contribution < 1.29 is 9.31 Å². The van der Waals surface area contributed by atoms with Crippen LogP contribution in [0.2, 0.25) is 0 Å². The van der Waals surface area contributed by atoms with Crippen LogP contribution in [-0.4, -0.2) is 9.91 Å². The fourth-order valence-electron chi connectivity index (χ4n) is 1.44. The molecule has 0 saturated heterocycles. The molecule has 1 heterocycles. The van der Waals surface area contributed by atoms with Crippen molar-refractivity contribution in [3.63, 3.8) is 0 Å². The lowest BCUT2D eigenvalue weighted by Crippen LogP contribution is -2.00. The minimum atomic E-state index is -0.842. The Labute approximate surface area is 106 Å². The summed E-state index contributed by atoms with van der Waals surface area (Å²) in [5.41, 5.74) is 2.65. The molecule has 0 unspecified atom stereocenters. The third kappa shape index (κ3) is 2.62. The van der Waals surface area contributed by atoms with Gasteiger partial charge in [0.25, 0.3) is 0 Å². The van der Waals surface area contributed by atoms with Gasteiger partial charge in [-0.3, -0.25) is 10.1 Å². The van der Waals surface area contributed by atoms with Crippen molar-refractivity contribution in [1.82, 2.24) is 4.98 Å². The molecule has 0 bridgehead atoms. The van der Waals surface area contributed by atoms with Crippen molar-refractivity contribution in [3.05, 3.63) is 50.2 Å². The quantitative estimate of drug-likeness (QED) is 0.682. The zero-order valence-electron chi connectivity index (χ0n) is 9.51. The lowest BCUT2D eigenvalue weighted by atomic mass is 10.2. The van der Waals surface area contributed by atoms with Crippen LogP contribution >= 0.6 is 11.3 Å². The number of nitrogens with one attached hydrogen (secondary N) is 1. The predicted octanol–water partition coefficient (Wildman–Crippen LogP) is 3.11. The first-order valence-corrected chi connectivity index (χ1v) is 6.02. The molecule has 2 rings (SSSR count). The lowest BCUT2D eigenvalue weighted by Gasteiger charge is -2.05. The predicted molar refractivity (Wildman–Crippen MR) is 67.2 cm³/mol. The van der Waals surface area contributed by atoms with Crippen molar-refractivity contribution in [1.29, 1.82) is 0 Å². The Morgan fingerprint density at radius 1 is 1.56 bits per heavy atom. The van der Waals surface area contributed by atoms with Crippen LogP contribution in [0.4, 0.5) is 15.8 Å². The third-order valence-electron chi connectivity index (χ3n) is 2.44. The SMILES string of the molecule is Cc1ncsc1CNc1ccc([N+](=O)[O-])c(F)c1. The van der Waals surface area contributed by atoms with E-state index in [9.17, 15) is 14.5 Å². The molecule has 5 nitrogen and oxygen atoms in total. The van der Waals surface area contributed by atoms with Gasteiger partial charge in [-0.25, -0.2) is 4.98 Å². The summed E-state index contributed by atoms with van der Waals surface area (Å²) in [5.74, 6) is -0.842. The van der Waals surface area contributed by atoms with Gasteiger partial charge in [-0.05, 0) is 13.0 Å². The molecule has 0 aliphatic rings. The van der Waals surface area contributed by atoms with Gasteiger partial charge in [0.2, 0.25) is 5.82 Å². The standard InChI is InChI=1S/C11H10FN3O2S/c1-7-11(18-6-14-7)5-13-8-2-3-10(15(16)17)9(12)4-8/h2-4,6,13H,5H2,1H3. The van der Waals surface area contributed by atoms with Crippen LogP contribution in [-0.2, 0) is 6.54 Å². The Balaban J connectivity index is 2.09. The number of aryl methyl sites for hydroxylation is 1. The molecule has 0 atom stereocenters. The average Bonchev–Trinajstić information content (AvgIpc) is 2.72. The number of nitro groups is 1. The number of benzene rings is 1. The zero-order chi connectivity index (χ0) is 13.1. The molecule has 0 fully saturated rings. The van der Waals surface area contributed by atoms with Crippen molar-refractivity contribution in [2.45, 2.75) is 13.5 Å². The van der Waals surface area contributed by atoms with Gasteiger partial charge >= 0.3 is 5.69 Å². The maximum Gasteiger partial charge on any atom is 0.304 e. The summed E-state index contributed by atoms with van der Waals surface area (Å²) in [6.07, 6.45) is 0. The smallest absolute Gasteiger partial charge is 0.304 e. The van der Waals surface area contributed by atoms with Gasteiger partial charge in [0.05, 0.1) is 22.7 Å². The van der Waals surface area contributed by atoms with Crippen LogP contribution in [0.15, 0.2) is 23.7 Å². The van der Waals surface area contributed by atoms with Crippen LogP contribution < -0.4 is 5.32 Å². The number of aromatic nitrogens is 1. The molecule has 0 radical (unpaired) electrons. The van der Waals surface area contributed by atoms with Crippen molar-refractivity contribution in [3.8, 4) is 0 Å². The lowest BCUT2D eigenvalue weighted by molar-refractivity contribution is -0.387. The molecule has 1 N–H and O–H groups in total. The second-order valence-electron chi connectivity index (χ2n) is 3.64. The number of halogens is 1. The molecule has 1 aromatic heterocycles. The summed E-state index contributed by atoms with van der Waals surface area (Å²) < 4.78 is 13.4. The Morgan fingerprint density at radius 3 is 2.89 bits per heavy atom. The number of nitrogens with zero attached hydrogens (tertiary/aromatic N) is 2. The molecule has 0 spiro atoms. The first-order valence-electron chi connectivity index (χ1n) is 5.14. The molecule has 0 aliphatic heterocycles. The average molecular weight is 267 g/mol. The van der Waals surface area contributed by atoms with Crippen LogP contribution in [0, 0.1) is 22.9 Å². The van der Waals surface area contributed by atoms with E-state index in [2.05, 4.69) is 10.3 Å². The van der Waals surface area contributed by atoms with Gasteiger partial charge < -0.3 is 5.32 Å². The van der Waals surface area contributed by atoms with Gasteiger partial charge in [0, 0.05) is 22.7 Å². The van der Waals surface area contributed by atoms with Gasteiger partial charge in [-0.1, -0.05) is 0 Å². The fourth-order valence-corrected chi connectivity index (χ4v) is 2.16. The van der Waals surface area contributed by atoms with Gasteiger partial charge in [-0.2, -0.15) is 4.39 Å². The summed E-state index contributed by atoms with van der Waals surface area (Å²) in [7, 11) is 0. The Bertz CT molecular complexity index is 585. The summed E-state index contributed by atoms with van der Waals surface area (Å²) in [5, 5.41) is 13.5. The third-order valence-corrected chi connectivity index (χ3v) is 3.38. The number of hydrogen-bond acceptors (Lipinski definition) is 5. The maximum atomic E-state index is 13.4. The van der Waals surface area contributed by atoms with Crippen LogP contribution in [0.3, 0.4) is 0 Å². The first-order chi connectivity index (χ1) is 8.58. The molecule has 2 aromatic rings. The van der Waals surface area contributed by atoms with E-state index in [0.717, 1.165) is 22.7 Å². The second kappa shape index (κ2) is 5.09. The molecule has 94 valence electrons. The minimum absolute atomic E-state index is 0.505. The highest BCUT2D eigenvalue weighted by Gasteiger charge is 2.13. The zero-order valence-corrected chi connectivity index (χ0v) is 10.3. The van der Waals surface area contributed by atoms with E-state index in [1.807, 2.05) is 6.92 Å². The highest BCUT2D eigenvalue weighted by Crippen LogP contribution is 2.22. The van der Waals surface area contributed by atoms with E-state index in [1.165, 1.54) is 17.4 Å². The molecule has 1 aromatic carbocycles. The number of nitro benzene ring substituents is 1. The molecule has 0 aliphatic carbocycles. The van der Waals surface area contributed by atoms with E-state index in [-0.39, 0.29) is 0 Å². The van der Waals surface area contributed by atoms with Gasteiger partial charge in [-0.15, -0.1) is 11.3 Å². The Kier molecular flexibility index (Phi) is 3.52. The van der Waals surface area contributed by atoms with Crippen molar-refractivity contribution in [2.75, 3.05) is 5.32 Å². The van der Waals surface area contributed by atoms with Gasteiger partial charge in [0.15, 0.2) is 0 Å². The normalized spacial score (nSPS) is 10.3. The van der Waals surface area contributed by atoms with Crippen molar-refractivity contribution >= 4 is 22.7 Å². The first kappa shape index (κ1) is 12.4. The second-order valence-corrected chi connectivity index (χ2v) is 4.58. The monoisotopic (exact) mass is 267 g/mol. The summed E-state index contributed by atoms with van der Waals surface area (Å²) >= 11 is 1.51. The van der Waals surface area contributed by atoms with E-state index in [0.29, 0.717) is 12.2 Å². The molecule has 0 saturated carbocycles. The van der Waals surface area contributed by atoms with E-state index >= 15 is 0 Å². The molecule has 0 amide bonds. The number of rotatable bonds is 4. The molecule has 7 heteroatoms.